The van der Waals surface area contributed by atoms with Crippen LogP contribution in [0.3, 0.4) is 0 Å². The summed E-state index contributed by atoms with van der Waals surface area (Å²) in [6.07, 6.45) is 3.96. The number of carbonyl (C=O) groups excluding carboxylic acids is 1. The van der Waals surface area contributed by atoms with Gasteiger partial charge in [0.2, 0.25) is 0 Å². The van der Waals surface area contributed by atoms with Crippen LogP contribution in [0.2, 0.25) is 0 Å². The normalized spacial score (nSPS) is 16.5. The first kappa shape index (κ1) is 20.1. The number of H-pyrrole nitrogens is 1. The molecular weight excluding hydrogens is 436 g/mol. The van der Waals surface area contributed by atoms with Gasteiger partial charge in [-0.15, -0.1) is 11.3 Å². The summed E-state index contributed by atoms with van der Waals surface area (Å²) in [5.74, 6) is -0.129. The van der Waals surface area contributed by atoms with E-state index in [-0.39, 0.29) is 11.9 Å². The molecule has 1 amide bonds. The Bertz CT molecular complexity index is 1480. The summed E-state index contributed by atoms with van der Waals surface area (Å²) in [7, 11) is 0. The number of fused-ring (bicyclic) bond motifs is 3. The lowest BCUT2D eigenvalue weighted by molar-refractivity contribution is 0.0687. The third-order valence-electron chi connectivity index (χ3n) is 6.13. The molecule has 0 spiro atoms. The van der Waals surface area contributed by atoms with Gasteiger partial charge in [-0.3, -0.25) is 4.79 Å². The minimum absolute atomic E-state index is 0.129. The van der Waals surface area contributed by atoms with Crippen molar-refractivity contribution < 1.29 is 9.90 Å². The maximum Gasteiger partial charge on any atom is 0.258 e. The number of benzene rings is 1. The van der Waals surface area contributed by atoms with Gasteiger partial charge in [-0.05, 0) is 38.1 Å². The Hall–Kier alpha value is -3.56. The SMILES string of the molecule is CC(C)(O)c1cccc2c(C(=O)N3CCc4[nH]cnc4[C@H]3c3nc4ccccc4s3)cnn12. The molecule has 2 N–H and O–H groups in total. The number of para-hydroxylation sites is 1. The fourth-order valence-corrected chi connectivity index (χ4v) is 5.63. The first-order chi connectivity index (χ1) is 15.9. The minimum atomic E-state index is -1.09. The standard InChI is InChI=1S/C24H22N6O2S/c1-24(2,32)19-9-5-7-17-14(12-27-30(17)19)23(31)29-11-10-16-20(26-13-25-16)21(29)22-28-15-6-3-4-8-18(15)33-22/h3-9,12-13,21,32H,10-11H2,1-2H3,(H,25,26)/t21-/m0/s1. The van der Waals surface area contributed by atoms with E-state index >= 15 is 0 Å². The predicted molar refractivity (Wildman–Crippen MR) is 125 cm³/mol. The first-order valence-corrected chi connectivity index (χ1v) is 11.6. The Labute approximate surface area is 193 Å². The number of rotatable bonds is 3. The molecule has 4 aromatic heterocycles. The van der Waals surface area contributed by atoms with Crippen molar-refractivity contribution in [1.29, 1.82) is 0 Å². The molecule has 5 heterocycles. The highest BCUT2D eigenvalue weighted by Gasteiger charge is 2.37. The lowest BCUT2D eigenvalue weighted by Crippen LogP contribution is -2.40. The van der Waals surface area contributed by atoms with E-state index in [1.165, 1.54) is 0 Å². The second-order valence-electron chi connectivity index (χ2n) is 8.76. The number of aromatic amines is 1. The molecule has 0 saturated heterocycles. The number of hydrogen-bond acceptors (Lipinski definition) is 6. The molecule has 1 aromatic carbocycles. The topological polar surface area (TPSA) is 99.4 Å². The molecule has 8 nitrogen and oxygen atoms in total. The quantitative estimate of drug-likeness (QED) is 0.430. The second kappa shape index (κ2) is 7.23. The molecule has 0 radical (unpaired) electrons. The highest BCUT2D eigenvalue weighted by atomic mass is 32.1. The summed E-state index contributed by atoms with van der Waals surface area (Å²) >= 11 is 1.59. The molecule has 9 heteroatoms. The molecule has 0 unspecified atom stereocenters. The zero-order valence-corrected chi connectivity index (χ0v) is 19.0. The van der Waals surface area contributed by atoms with Crippen LogP contribution in [0.1, 0.15) is 52.3 Å². The molecule has 5 aromatic rings. The van der Waals surface area contributed by atoms with Gasteiger partial charge in [0.25, 0.3) is 5.91 Å². The largest absolute Gasteiger partial charge is 0.384 e. The fraction of sp³-hybridized carbons (Fsp3) is 0.250. The van der Waals surface area contributed by atoms with Gasteiger partial charge in [-0.1, -0.05) is 18.2 Å². The van der Waals surface area contributed by atoms with Crippen molar-refractivity contribution in [3.63, 3.8) is 0 Å². The summed E-state index contributed by atoms with van der Waals surface area (Å²) in [4.78, 5) is 28.4. The predicted octanol–water partition coefficient (Wildman–Crippen LogP) is 3.68. The van der Waals surface area contributed by atoms with Crippen LogP contribution in [0.25, 0.3) is 15.7 Å². The molecule has 0 fully saturated rings. The van der Waals surface area contributed by atoms with E-state index < -0.39 is 5.60 Å². The molecular formula is C24H22N6O2S. The lowest BCUT2D eigenvalue weighted by Gasteiger charge is -2.33. The van der Waals surface area contributed by atoms with Crippen LogP contribution in [0.5, 0.6) is 0 Å². The number of pyridine rings is 1. The van der Waals surface area contributed by atoms with E-state index in [1.54, 1.807) is 42.2 Å². The number of nitrogens with one attached hydrogen (secondary N) is 1. The summed E-state index contributed by atoms with van der Waals surface area (Å²) in [5.41, 5.74) is 3.47. The third-order valence-corrected chi connectivity index (χ3v) is 7.22. The van der Waals surface area contributed by atoms with Crippen LogP contribution < -0.4 is 0 Å². The highest BCUT2D eigenvalue weighted by Crippen LogP contribution is 2.38. The number of imidazole rings is 1. The maximum absolute atomic E-state index is 13.9. The average molecular weight is 459 g/mol. The van der Waals surface area contributed by atoms with E-state index in [0.29, 0.717) is 29.7 Å². The van der Waals surface area contributed by atoms with Crippen molar-refractivity contribution >= 4 is 33.0 Å². The van der Waals surface area contributed by atoms with Gasteiger partial charge in [0.1, 0.15) is 16.7 Å². The van der Waals surface area contributed by atoms with Crippen LogP contribution in [-0.2, 0) is 12.0 Å². The molecule has 0 saturated carbocycles. The third kappa shape index (κ3) is 3.15. The van der Waals surface area contributed by atoms with Crippen LogP contribution in [-0.4, -0.2) is 47.0 Å². The number of nitrogens with zero attached hydrogens (tertiary/aromatic N) is 5. The van der Waals surface area contributed by atoms with Crippen molar-refractivity contribution in [1.82, 2.24) is 29.5 Å². The molecule has 33 heavy (non-hydrogen) atoms. The second-order valence-corrected chi connectivity index (χ2v) is 9.82. The molecule has 0 bridgehead atoms. The Balaban J connectivity index is 1.47. The Kier molecular flexibility index (Phi) is 4.40. The number of aliphatic hydroxyl groups is 1. The number of amides is 1. The summed E-state index contributed by atoms with van der Waals surface area (Å²) in [6, 6.07) is 13.1. The van der Waals surface area contributed by atoms with Crippen LogP contribution >= 0.6 is 11.3 Å². The van der Waals surface area contributed by atoms with Gasteiger partial charge in [0, 0.05) is 18.7 Å². The van der Waals surface area contributed by atoms with Crippen LogP contribution in [0, 0.1) is 0 Å². The van der Waals surface area contributed by atoms with Gasteiger partial charge < -0.3 is 15.0 Å². The number of aromatic nitrogens is 5. The van der Waals surface area contributed by atoms with Crippen molar-refractivity contribution in [2.45, 2.75) is 31.9 Å². The monoisotopic (exact) mass is 458 g/mol. The summed E-state index contributed by atoms with van der Waals surface area (Å²) in [5, 5.41) is 15.8. The summed E-state index contributed by atoms with van der Waals surface area (Å²) in [6.45, 7) is 3.95. The van der Waals surface area contributed by atoms with Gasteiger partial charge in [-0.2, -0.15) is 5.10 Å². The van der Waals surface area contributed by atoms with E-state index in [2.05, 4.69) is 15.1 Å². The van der Waals surface area contributed by atoms with Gasteiger partial charge in [0.05, 0.1) is 45.2 Å². The van der Waals surface area contributed by atoms with Gasteiger partial charge in [-0.25, -0.2) is 14.5 Å². The Morgan fingerprint density at radius 1 is 1.21 bits per heavy atom. The van der Waals surface area contributed by atoms with E-state index in [9.17, 15) is 9.90 Å². The van der Waals surface area contributed by atoms with Gasteiger partial charge >= 0.3 is 0 Å². The Morgan fingerprint density at radius 3 is 2.88 bits per heavy atom. The number of carbonyl (C=O) groups is 1. The molecule has 1 aliphatic heterocycles. The number of hydrogen-bond donors (Lipinski definition) is 2. The fourth-order valence-electron chi connectivity index (χ4n) is 4.55. The zero-order valence-electron chi connectivity index (χ0n) is 18.2. The minimum Gasteiger partial charge on any atom is -0.384 e. The van der Waals surface area contributed by atoms with Gasteiger partial charge in [0.15, 0.2) is 0 Å². The molecule has 1 aliphatic rings. The zero-order chi connectivity index (χ0) is 22.7. The van der Waals surface area contributed by atoms with Crippen molar-refractivity contribution in [3.05, 3.63) is 82.6 Å². The average Bonchev–Trinajstić information content (AvgIpc) is 3.54. The lowest BCUT2D eigenvalue weighted by atomic mass is 10.0. The summed E-state index contributed by atoms with van der Waals surface area (Å²) < 4.78 is 2.72. The maximum atomic E-state index is 13.9. The van der Waals surface area contributed by atoms with E-state index in [0.717, 1.165) is 26.6 Å². The number of thiazole rings is 1. The molecule has 1 atom stereocenters. The van der Waals surface area contributed by atoms with E-state index in [1.807, 2.05) is 47.4 Å². The van der Waals surface area contributed by atoms with Crippen molar-refractivity contribution in [2.24, 2.45) is 0 Å². The van der Waals surface area contributed by atoms with Crippen LogP contribution in [0.15, 0.2) is 55.0 Å². The van der Waals surface area contributed by atoms with Crippen molar-refractivity contribution in [2.75, 3.05) is 6.54 Å². The molecule has 6 rings (SSSR count). The Morgan fingerprint density at radius 2 is 2.06 bits per heavy atom. The van der Waals surface area contributed by atoms with Crippen molar-refractivity contribution in [3.8, 4) is 0 Å². The smallest absolute Gasteiger partial charge is 0.258 e. The van der Waals surface area contributed by atoms with E-state index in [4.69, 9.17) is 4.98 Å². The highest BCUT2D eigenvalue weighted by molar-refractivity contribution is 7.18. The molecule has 166 valence electrons. The molecule has 0 aliphatic carbocycles. The van der Waals surface area contributed by atoms with Crippen LogP contribution in [0.4, 0.5) is 0 Å². The first-order valence-electron chi connectivity index (χ1n) is 10.8.